The standard InChI is InChI=1S/C14H10N4O2/c15-11-7-3-4-8-12(11)16-17-18-13(19)9-5-1-2-6-10(9)14(18)20/h1-8H,15H2. The van der Waals surface area contributed by atoms with Gasteiger partial charge in [0.25, 0.3) is 11.8 Å². The zero-order valence-corrected chi connectivity index (χ0v) is 10.4. The van der Waals surface area contributed by atoms with Gasteiger partial charge in [-0.15, -0.1) is 10.1 Å². The van der Waals surface area contributed by atoms with Crippen LogP contribution >= 0.6 is 0 Å². The van der Waals surface area contributed by atoms with Crippen molar-refractivity contribution in [1.82, 2.24) is 5.01 Å². The number of anilines is 1. The quantitative estimate of drug-likeness (QED) is 0.514. The number of fused-ring (bicyclic) bond motifs is 1. The lowest BCUT2D eigenvalue weighted by molar-refractivity contribution is 0.0646. The summed E-state index contributed by atoms with van der Waals surface area (Å²) in [6.07, 6.45) is 0. The van der Waals surface area contributed by atoms with Crippen molar-refractivity contribution in [2.24, 2.45) is 10.3 Å². The number of nitrogen functional groups attached to an aromatic ring is 1. The van der Waals surface area contributed by atoms with Crippen molar-refractivity contribution in [3.63, 3.8) is 0 Å². The Morgan fingerprint density at radius 1 is 0.850 bits per heavy atom. The SMILES string of the molecule is Nc1ccccc1N=NN1C(=O)c2ccccc2C1=O. The largest absolute Gasteiger partial charge is 0.397 e. The van der Waals surface area contributed by atoms with Crippen molar-refractivity contribution in [3.8, 4) is 0 Å². The van der Waals surface area contributed by atoms with E-state index in [1.807, 2.05) is 0 Å². The predicted molar refractivity (Wildman–Crippen MR) is 72.3 cm³/mol. The first-order chi connectivity index (χ1) is 9.68. The Morgan fingerprint density at radius 2 is 1.40 bits per heavy atom. The summed E-state index contributed by atoms with van der Waals surface area (Å²) in [6.45, 7) is 0. The first-order valence-corrected chi connectivity index (χ1v) is 5.92. The number of carbonyl (C=O) groups excluding carboxylic acids is 2. The van der Waals surface area contributed by atoms with Crippen LogP contribution in [0.2, 0.25) is 0 Å². The minimum Gasteiger partial charge on any atom is -0.397 e. The van der Waals surface area contributed by atoms with Crippen LogP contribution in [0.15, 0.2) is 58.9 Å². The third-order valence-corrected chi connectivity index (χ3v) is 2.95. The summed E-state index contributed by atoms with van der Waals surface area (Å²) in [5.74, 6) is -0.965. The van der Waals surface area contributed by atoms with Crippen molar-refractivity contribution in [2.75, 3.05) is 5.73 Å². The highest BCUT2D eigenvalue weighted by molar-refractivity contribution is 6.21. The summed E-state index contributed by atoms with van der Waals surface area (Å²) in [7, 11) is 0. The summed E-state index contributed by atoms with van der Waals surface area (Å²) in [5.41, 5.74) is 7.21. The third-order valence-electron chi connectivity index (χ3n) is 2.95. The monoisotopic (exact) mass is 266 g/mol. The van der Waals surface area contributed by atoms with E-state index in [1.54, 1.807) is 48.5 Å². The fraction of sp³-hybridized carbons (Fsp3) is 0. The van der Waals surface area contributed by atoms with Gasteiger partial charge < -0.3 is 5.73 Å². The molecule has 1 aliphatic rings. The van der Waals surface area contributed by atoms with E-state index in [9.17, 15) is 9.59 Å². The van der Waals surface area contributed by atoms with Gasteiger partial charge in [-0.2, -0.15) is 0 Å². The fourth-order valence-electron chi connectivity index (χ4n) is 1.93. The first kappa shape index (κ1) is 12.0. The van der Waals surface area contributed by atoms with Crippen molar-refractivity contribution in [3.05, 3.63) is 59.7 Å². The number of nitrogens with zero attached hydrogens (tertiary/aromatic N) is 3. The van der Waals surface area contributed by atoms with Crippen LogP contribution < -0.4 is 5.73 Å². The van der Waals surface area contributed by atoms with E-state index in [0.717, 1.165) is 5.01 Å². The lowest BCUT2D eigenvalue weighted by Gasteiger charge is -2.04. The summed E-state index contributed by atoms with van der Waals surface area (Å²) in [4.78, 5) is 24.1. The molecule has 2 N–H and O–H groups in total. The Morgan fingerprint density at radius 3 is 2.00 bits per heavy atom. The Bertz CT molecular complexity index is 704. The highest BCUT2D eigenvalue weighted by Crippen LogP contribution is 2.25. The summed E-state index contributed by atoms with van der Waals surface area (Å²) >= 11 is 0. The highest BCUT2D eigenvalue weighted by atomic mass is 16.2. The van der Waals surface area contributed by atoms with E-state index in [0.29, 0.717) is 22.5 Å². The van der Waals surface area contributed by atoms with Gasteiger partial charge in [0, 0.05) is 0 Å². The molecule has 0 radical (unpaired) electrons. The Labute approximate surface area is 114 Å². The summed E-state index contributed by atoms with van der Waals surface area (Å²) < 4.78 is 0. The molecule has 0 bridgehead atoms. The topological polar surface area (TPSA) is 88.1 Å². The number of rotatable bonds is 2. The van der Waals surface area contributed by atoms with E-state index >= 15 is 0 Å². The maximum absolute atomic E-state index is 12.0. The van der Waals surface area contributed by atoms with Gasteiger partial charge in [-0.25, -0.2) is 0 Å². The van der Waals surface area contributed by atoms with Gasteiger partial charge in [-0.05, 0) is 24.3 Å². The third kappa shape index (κ3) is 1.83. The number of amides is 2. The second-order valence-corrected chi connectivity index (χ2v) is 4.22. The van der Waals surface area contributed by atoms with Crippen LogP contribution in [0, 0.1) is 0 Å². The Kier molecular flexibility index (Phi) is 2.76. The molecule has 6 nitrogen and oxygen atoms in total. The molecule has 0 aromatic heterocycles. The van der Waals surface area contributed by atoms with Crippen molar-refractivity contribution in [1.29, 1.82) is 0 Å². The van der Waals surface area contributed by atoms with Crippen LogP contribution in [0.25, 0.3) is 0 Å². The average Bonchev–Trinajstić information content (AvgIpc) is 2.71. The molecule has 0 aliphatic carbocycles. The number of carbonyl (C=O) groups is 2. The van der Waals surface area contributed by atoms with E-state index < -0.39 is 11.8 Å². The number of hydrogen-bond donors (Lipinski definition) is 1. The zero-order valence-electron chi connectivity index (χ0n) is 10.4. The molecule has 1 heterocycles. The van der Waals surface area contributed by atoms with Gasteiger partial charge in [0.1, 0.15) is 5.69 Å². The number of imide groups is 1. The highest BCUT2D eigenvalue weighted by Gasteiger charge is 2.35. The zero-order chi connectivity index (χ0) is 14.1. The molecule has 98 valence electrons. The molecular weight excluding hydrogens is 256 g/mol. The Hall–Kier alpha value is -3.02. The second-order valence-electron chi connectivity index (χ2n) is 4.22. The van der Waals surface area contributed by atoms with Gasteiger partial charge >= 0.3 is 0 Å². The van der Waals surface area contributed by atoms with E-state index in [2.05, 4.69) is 10.3 Å². The molecular formula is C14H10N4O2. The number of benzene rings is 2. The van der Waals surface area contributed by atoms with Crippen molar-refractivity contribution in [2.45, 2.75) is 0 Å². The van der Waals surface area contributed by atoms with Gasteiger partial charge in [0.05, 0.1) is 16.8 Å². The molecule has 2 amide bonds. The average molecular weight is 266 g/mol. The molecule has 1 aliphatic heterocycles. The maximum Gasteiger partial charge on any atom is 0.283 e. The molecule has 0 unspecified atom stereocenters. The fourth-order valence-corrected chi connectivity index (χ4v) is 1.93. The number of hydrogen-bond acceptors (Lipinski definition) is 5. The van der Waals surface area contributed by atoms with Gasteiger partial charge in [0.2, 0.25) is 0 Å². The molecule has 20 heavy (non-hydrogen) atoms. The lowest BCUT2D eigenvalue weighted by Crippen LogP contribution is -2.23. The van der Waals surface area contributed by atoms with E-state index in [1.165, 1.54) is 0 Å². The molecule has 0 atom stereocenters. The van der Waals surface area contributed by atoms with Crippen LogP contribution in [0.1, 0.15) is 20.7 Å². The molecule has 0 spiro atoms. The van der Waals surface area contributed by atoms with Crippen molar-refractivity contribution >= 4 is 23.2 Å². The van der Waals surface area contributed by atoms with Gasteiger partial charge in [0.15, 0.2) is 0 Å². The van der Waals surface area contributed by atoms with Crippen LogP contribution in [0.4, 0.5) is 11.4 Å². The van der Waals surface area contributed by atoms with Crippen LogP contribution in [0.3, 0.4) is 0 Å². The molecule has 6 heteroatoms. The van der Waals surface area contributed by atoms with Crippen molar-refractivity contribution < 1.29 is 9.59 Å². The second kappa shape index (κ2) is 4.58. The molecule has 2 aromatic rings. The molecule has 0 fully saturated rings. The van der Waals surface area contributed by atoms with E-state index in [4.69, 9.17) is 5.73 Å². The summed E-state index contributed by atoms with van der Waals surface area (Å²) in [6, 6.07) is 13.4. The number of para-hydroxylation sites is 1. The van der Waals surface area contributed by atoms with E-state index in [-0.39, 0.29) is 0 Å². The minimum absolute atomic E-state index is 0.331. The molecule has 2 aromatic carbocycles. The first-order valence-electron chi connectivity index (χ1n) is 5.92. The molecule has 3 rings (SSSR count). The maximum atomic E-state index is 12.0. The smallest absolute Gasteiger partial charge is 0.283 e. The van der Waals surface area contributed by atoms with Gasteiger partial charge in [-0.3, -0.25) is 9.59 Å². The summed E-state index contributed by atoms with van der Waals surface area (Å²) in [5, 5.41) is 8.31. The molecule has 0 saturated carbocycles. The van der Waals surface area contributed by atoms with Crippen LogP contribution in [0.5, 0.6) is 0 Å². The molecule has 0 saturated heterocycles. The predicted octanol–water partition coefficient (Wildman–Crippen LogP) is 2.56. The number of nitrogens with two attached hydrogens (primary N) is 1. The van der Waals surface area contributed by atoms with Gasteiger partial charge in [-0.1, -0.05) is 29.5 Å². The normalized spacial score (nSPS) is 14.1. The van der Waals surface area contributed by atoms with Crippen LogP contribution in [-0.4, -0.2) is 16.8 Å². The Balaban J connectivity index is 1.93. The minimum atomic E-state index is -0.483. The lowest BCUT2D eigenvalue weighted by atomic mass is 10.1. The van der Waals surface area contributed by atoms with Crippen LogP contribution in [-0.2, 0) is 0 Å².